The van der Waals surface area contributed by atoms with Crippen molar-refractivity contribution in [3.63, 3.8) is 0 Å². The molecule has 2 heteroatoms. The molecule has 1 aliphatic heterocycles. The van der Waals surface area contributed by atoms with Crippen molar-refractivity contribution >= 4 is 12.4 Å². The first-order chi connectivity index (χ1) is 11.3. The van der Waals surface area contributed by atoms with E-state index in [0.717, 1.165) is 37.5 Å². The third kappa shape index (κ3) is 5.87. The Morgan fingerprint density at radius 3 is 2.22 bits per heavy atom. The molecule has 0 saturated heterocycles. The maximum atomic E-state index is 10.1. The van der Waals surface area contributed by atoms with E-state index >= 15 is 0 Å². The summed E-state index contributed by atoms with van der Waals surface area (Å²) in [7, 11) is 0. The molecule has 1 aliphatic rings. The van der Waals surface area contributed by atoms with Crippen molar-refractivity contribution < 1.29 is 5.02 Å². The summed E-state index contributed by atoms with van der Waals surface area (Å²) >= 11 is 0. The molecule has 0 radical (unpaired) electrons. The second kappa shape index (κ2) is 11.1. The zero-order chi connectivity index (χ0) is 17.1. The van der Waals surface area contributed by atoms with Gasteiger partial charge in [-0.3, -0.25) is 0 Å². The highest BCUT2D eigenvalue weighted by Crippen LogP contribution is 2.15. The Kier molecular flexibility index (Phi) is 9.39. The van der Waals surface area contributed by atoms with E-state index in [-0.39, 0.29) is 6.92 Å². The van der Waals surface area contributed by atoms with E-state index in [9.17, 15) is 5.02 Å². The van der Waals surface area contributed by atoms with Gasteiger partial charge in [0.1, 0.15) is 0 Å². The Morgan fingerprint density at radius 2 is 1.52 bits per heavy atom. The predicted octanol–water partition coefficient (Wildman–Crippen LogP) is 4.66. The zero-order valence-corrected chi connectivity index (χ0v) is 15.2. The Labute approximate surface area is 142 Å². The lowest BCUT2D eigenvalue weighted by molar-refractivity contribution is 0.574. The first kappa shape index (κ1) is 19.5. The molecule has 1 heterocycles. The van der Waals surface area contributed by atoms with Crippen LogP contribution in [0.3, 0.4) is 0 Å². The molecule has 3 rings (SSSR count). The van der Waals surface area contributed by atoms with Crippen LogP contribution in [-0.2, 0) is 19.3 Å². The van der Waals surface area contributed by atoms with Crippen molar-refractivity contribution in [3.8, 4) is 0 Å². The molecule has 0 unspecified atom stereocenters. The van der Waals surface area contributed by atoms with Gasteiger partial charge in [0.2, 0.25) is 0 Å². The molecule has 0 aliphatic carbocycles. The number of hydrogen-bond acceptors (Lipinski definition) is 1. The molecule has 0 aromatic heterocycles. The highest BCUT2D eigenvalue weighted by atomic mass is 16.2. The van der Waals surface area contributed by atoms with Gasteiger partial charge in [-0.2, -0.15) is 0 Å². The van der Waals surface area contributed by atoms with Crippen molar-refractivity contribution in [3.05, 3.63) is 65.2 Å². The van der Waals surface area contributed by atoms with Gasteiger partial charge in [0.15, 0.2) is 0 Å². The summed E-state index contributed by atoms with van der Waals surface area (Å²) in [6, 6.07) is 17.2. The SMILES string of the molecule is CC.CC.OB1CCCc2ccc(CCc3ccccc3)cc21. The molecule has 1 nitrogen and oxygen atoms in total. The highest BCUT2D eigenvalue weighted by Gasteiger charge is 2.22. The van der Waals surface area contributed by atoms with Crippen molar-refractivity contribution in [1.29, 1.82) is 0 Å². The lowest BCUT2D eigenvalue weighted by Crippen LogP contribution is -2.36. The van der Waals surface area contributed by atoms with Crippen LogP contribution in [-0.4, -0.2) is 11.9 Å². The molecule has 0 bridgehead atoms. The number of aryl methyl sites for hydroxylation is 3. The Bertz CT molecular complexity index is 551. The zero-order valence-electron chi connectivity index (χ0n) is 15.2. The van der Waals surface area contributed by atoms with Crippen LogP contribution >= 0.6 is 0 Å². The number of benzene rings is 2. The third-order valence-electron chi connectivity index (χ3n) is 4.04. The molecule has 0 saturated carbocycles. The minimum Gasteiger partial charge on any atom is -0.446 e. The van der Waals surface area contributed by atoms with Gasteiger partial charge in [0.25, 0.3) is 0 Å². The first-order valence-electron chi connectivity index (χ1n) is 9.16. The van der Waals surface area contributed by atoms with Gasteiger partial charge in [-0.05, 0) is 42.2 Å². The molecule has 0 atom stereocenters. The smallest absolute Gasteiger partial charge is 0.323 e. The van der Waals surface area contributed by atoms with E-state index in [1.54, 1.807) is 0 Å². The lowest BCUT2D eigenvalue weighted by Gasteiger charge is -2.19. The van der Waals surface area contributed by atoms with E-state index in [4.69, 9.17) is 0 Å². The monoisotopic (exact) mass is 310 g/mol. The summed E-state index contributed by atoms with van der Waals surface area (Å²) < 4.78 is 0. The Hall–Kier alpha value is -1.54. The molecule has 0 fully saturated rings. The van der Waals surface area contributed by atoms with Crippen LogP contribution in [0.4, 0.5) is 0 Å². The predicted molar refractivity (Wildman–Crippen MR) is 104 cm³/mol. The van der Waals surface area contributed by atoms with Gasteiger partial charge in [-0.1, -0.05) is 88.2 Å². The summed E-state index contributed by atoms with van der Waals surface area (Å²) in [6.45, 7) is 7.75. The van der Waals surface area contributed by atoms with E-state index in [0.29, 0.717) is 0 Å². The van der Waals surface area contributed by atoms with Gasteiger partial charge >= 0.3 is 6.92 Å². The summed E-state index contributed by atoms with van der Waals surface area (Å²) in [4.78, 5) is 0. The molecule has 124 valence electrons. The topological polar surface area (TPSA) is 20.2 Å². The second-order valence-corrected chi connectivity index (χ2v) is 5.43. The largest absolute Gasteiger partial charge is 0.446 e. The van der Waals surface area contributed by atoms with Crippen LogP contribution in [0.1, 0.15) is 50.8 Å². The van der Waals surface area contributed by atoms with E-state index < -0.39 is 0 Å². The molecule has 2 aromatic rings. The number of fused-ring (bicyclic) bond motifs is 1. The summed E-state index contributed by atoms with van der Waals surface area (Å²) in [6.07, 6.45) is 5.25. The van der Waals surface area contributed by atoms with Crippen LogP contribution in [0.5, 0.6) is 0 Å². The fraction of sp³-hybridized carbons (Fsp3) is 0.429. The minimum atomic E-state index is -0.250. The van der Waals surface area contributed by atoms with Crippen molar-refractivity contribution in [1.82, 2.24) is 0 Å². The number of hydrogen-bond donors (Lipinski definition) is 1. The standard InChI is InChI=1S/C17H19BO.2C2H6/c19-18-12-4-7-16-11-10-15(13-17(16)18)9-8-14-5-2-1-3-6-14;2*1-2/h1-3,5-6,10-11,13,19H,4,7-9,12H2;2*1-2H3. The molecule has 23 heavy (non-hydrogen) atoms. The van der Waals surface area contributed by atoms with Crippen LogP contribution in [0.15, 0.2) is 48.5 Å². The van der Waals surface area contributed by atoms with Gasteiger partial charge in [-0.25, -0.2) is 0 Å². The third-order valence-corrected chi connectivity index (χ3v) is 4.04. The highest BCUT2D eigenvalue weighted by molar-refractivity contribution is 6.67. The van der Waals surface area contributed by atoms with Crippen LogP contribution in [0, 0.1) is 0 Å². The molecular formula is C21H31BO. The van der Waals surface area contributed by atoms with Crippen LogP contribution < -0.4 is 5.46 Å². The first-order valence-corrected chi connectivity index (χ1v) is 9.16. The van der Waals surface area contributed by atoms with E-state index in [1.807, 2.05) is 27.7 Å². The molecule has 0 amide bonds. The average Bonchev–Trinajstić information content (AvgIpc) is 2.65. The fourth-order valence-corrected chi connectivity index (χ4v) is 2.91. The Balaban J connectivity index is 0.000000615. The van der Waals surface area contributed by atoms with Gasteiger partial charge in [-0.15, -0.1) is 0 Å². The van der Waals surface area contributed by atoms with Crippen molar-refractivity contribution in [2.24, 2.45) is 0 Å². The summed E-state index contributed by atoms with van der Waals surface area (Å²) in [5.41, 5.74) is 5.21. The normalized spacial score (nSPS) is 12.3. The molecule has 0 spiro atoms. The lowest BCUT2D eigenvalue weighted by atomic mass is 9.53. The molecular weight excluding hydrogens is 279 g/mol. The quantitative estimate of drug-likeness (QED) is 0.817. The maximum absolute atomic E-state index is 10.1. The van der Waals surface area contributed by atoms with Gasteiger partial charge in [0, 0.05) is 0 Å². The summed E-state index contributed by atoms with van der Waals surface area (Å²) in [5.74, 6) is 0. The summed E-state index contributed by atoms with van der Waals surface area (Å²) in [5, 5.41) is 10.1. The second-order valence-electron chi connectivity index (χ2n) is 5.43. The van der Waals surface area contributed by atoms with Gasteiger partial charge < -0.3 is 5.02 Å². The van der Waals surface area contributed by atoms with Crippen molar-refractivity contribution in [2.45, 2.75) is 59.7 Å². The van der Waals surface area contributed by atoms with Gasteiger partial charge in [0.05, 0.1) is 0 Å². The van der Waals surface area contributed by atoms with E-state index in [2.05, 4.69) is 48.5 Å². The van der Waals surface area contributed by atoms with Crippen molar-refractivity contribution in [2.75, 3.05) is 0 Å². The Morgan fingerprint density at radius 1 is 0.870 bits per heavy atom. The van der Waals surface area contributed by atoms with Crippen LogP contribution in [0.25, 0.3) is 0 Å². The molecule has 1 N–H and O–H groups in total. The number of rotatable bonds is 3. The van der Waals surface area contributed by atoms with E-state index in [1.165, 1.54) is 16.7 Å². The maximum Gasteiger partial charge on any atom is 0.323 e. The average molecular weight is 310 g/mol. The fourth-order valence-electron chi connectivity index (χ4n) is 2.91. The minimum absolute atomic E-state index is 0.250. The van der Waals surface area contributed by atoms with Crippen LogP contribution in [0.2, 0.25) is 6.32 Å². The molecule has 2 aromatic carbocycles.